The molecule has 7 nitrogen and oxygen atoms in total. The van der Waals surface area contributed by atoms with Crippen LogP contribution in [0.2, 0.25) is 0 Å². The van der Waals surface area contributed by atoms with Gasteiger partial charge < -0.3 is 14.3 Å². The van der Waals surface area contributed by atoms with Crippen LogP contribution in [0.25, 0.3) is 22.4 Å². The number of alkyl halides is 3. The summed E-state index contributed by atoms with van der Waals surface area (Å²) >= 11 is 0. The molecular formula is C25H28F3N5O2. The Balaban J connectivity index is 1.49. The van der Waals surface area contributed by atoms with E-state index in [9.17, 15) is 18.0 Å². The molecule has 0 radical (unpaired) electrons. The van der Waals surface area contributed by atoms with E-state index in [0.717, 1.165) is 44.2 Å². The molecule has 1 saturated heterocycles. The van der Waals surface area contributed by atoms with Crippen molar-refractivity contribution >= 4 is 22.8 Å². The Hall–Kier alpha value is -3.17. The summed E-state index contributed by atoms with van der Waals surface area (Å²) in [4.78, 5) is 26.1. The molecule has 2 aromatic heterocycles. The van der Waals surface area contributed by atoms with Crippen LogP contribution in [-0.4, -0.2) is 52.1 Å². The first kappa shape index (κ1) is 23.6. The maximum absolute atomic E-state index is 13.3. The van der Waals surface area contributed by atoms with Gasteiger partial charge in [-0.05, 0) is 31.4 Å². The SMILES string of the molecule is CCCc1nc(N2CCN(C(=O)C3CCCC3)CC2)c2c(-c3cccc(C(F)(F)F)c3)noc2n1. The predicted molar refractivity (Wildman–Crippen MR) is 125 cm³/mol. The maximum Gasteiger partial charge on any atom is 0.416 e. The zero-order valence-electron chi connectivity index (χ0n) is 19.6. The Morgan fingerprint density at radius 1 is 1.11 bits per heavy atom. The van der Waals surface area contributed by atoms with Gasteiger partial charge in [0.25, 0.3) is 5.71 Å². The first-order valence-electron chi connectivity index (χ1n) is 12.2. The molecule has 2 aliphatic rings. The van der Waals surface area contributed by atoms with Crippen LogP contribution < -0.4 is 4.90 Å². The third-order valence-corrected chi connectivity index (χ3v) is 6.90. The van der Waals surface area contributed by atoms with Gasteiger partial charge in [0.15, 0.2) is 0 Å². The molecule has 0 atom stereocenters. The number of carbonyl (C=O) groups excluding carboxylic acids is 1. The van der Waals surface area contributed by atoms with Crippen molar-refractivity contribution in [3.8, 4) is 11.3 Å². The molecule has 5 rings (SSSR count). The Morgan fingerprint density at radius 2 is 1.86 bits per heavy atom. The van der Waals surface area contributed by atoms with E-state index in [1.54, 1.807) is 6.07 Å². The van der Waals surface area contributed by atoms with Crippen LogP contribution in [0.1, 0.15) is 50.4 Å². The monoisotopic (exact) mass is 487 g/mol. The summed E-state index contributed by atoms with van der Waals surface area (Å²) in [5, 5.41) is 4.60. The molecule has 0 N–H and O–H groups in total. The second-order valence-electron chi connectivity index (χ2n) is 9.30. The minimum absolute atomic E-state index is 0.133. The molecule has 10 heteroatoms. The lowest BCUT2D eigenvalue weighted by molar-refractivity contribution is -0.137. The van der Waals surface area contributed by atoms with Gasteiger partial charge in [-0.2, -0.15) is 18.2 Å². The van der Waals surface area contributed by atoms with Gasteiger partial charge >= 0.3 is 6.18 Å². The molecule has 1 aromatic carbocycles. The number of hydrogen-bond acceptors (Lipinski definition) is 6. The number of anilines is 1. The minimum Gasteiger partial charge on any atom is -0.352 e. The molecule has 35 heavy (non-hydrogen) atoms. The first-order valence-corrected chi connectivity index (χ1v) is 12.2. The number of halogens is 3. The second kappa shape index (κ2) is 9.47. The van der Waals surface area contributed by atoms with E-state index < -0.39 is 11.7 Å². The average molecular weight is 488 g/mol. The van der Waals surface area contributed by atoms with E-state index in [1.807, 2.05) is 11.8 Å². The van der Waals surface area contributed by atoms with E-state index in [1.165, 1.54) is 6.07 Å². The fraction of sp³-hybridized carbons (Fsp3) is 0.520. The molecule has 1 amide bonds. The molecule has 1 aliphatic heterocycles. The Labute approximate surface area is 201 Å². The average Bonchev–Trinajstić information content (AvgIpc) is 3.54. The fourth-order valence-electron chi connectivity index (χ4n) is 5.05. The van der Waals surface area contributed by atoms with Gasteiger partial charge in [-0.15, -0.1) is 0 Å². The number of aryl methyl sites for hydroxylation is 1. The van der Waals surface area contributed by atoms with Crippen molar-refractivity contribution in [2.75, 3.05) is 31.1 Å². The van der Waals surface area contributed by atoms with Gasteiger partial charge in [-0.1, -0.05) is 37.1 Å². The molecular weight excluding hydrogens is 459 g/mol. The Kier molecular flexibility index (Phi) is 6.37. The van der Waals surface area contributed by atoms with Crippen LogP contribution in [0, 0.1) is 5.92 Å². The summed E-state index contributed by atoms with van der Waals surface area (Å²) in [6.07, 6.45) is 1.17. The predicted octanol–water partition coefficient (Wildman–Crippen LogP) is 5.09. The molecule has 0 unspecified atom stereocenters. The van der Waals surface area contributed by atoms with Crippen LogP contribution >= 0.6 is 0 Å². The maximum atomic E-state index is 13.3. The highest BCUT2D eigenvalue weighted by Gasteiger charge is 2.33. The van der Waals surface area contributed by atoms with Crippen LogP contribution in [-0.2, 0) is 17.4 Å². The number of amides is 1. The number of aromatic nitrogens is 3. The summed E-state index contributed by atoms with van der Waals surface area (Å²) in [7, 11) is 0. The quantitative estimate of drug-likeness (QED) is 0.499. The van der Waals surface area contributed by atoms with Crippen LogP contribution in [0.5, 0.6) is 0 Å². The van der Waals surface area contributed by atoms with Crippen LogP contribution in [0.15, 0.2) is 28.8 Å². The van der Waals surface area contributed by atoms with E-state index in [2.05, 4.69) is 15.0 Å². The van der Waals surface area contributed by atoms with Gasteiger partial charge in [0.2, 0.25) is 5.91 Å². The summed E-state index contributed by atoms with van der Waals surface area (Å²) in [6.45, 7) is 4.32. The molecule has 1 saturated carbocycles. The van der Waals surface area contributed by atoms with E-state index >= 15 is 0 Å². The van der Waals surface area contributed by atoms with Crippen molar-refractivity contribution in [2.24, 2.45) is 5.92 Å². The molecule has 0 bridgehead atoms. The molecule has 2 fully saturated rings. The van der Waals surface area contributed by atoms with Crippen molar-refractivity contribution in [3.05, 3.63) is 35.7 Å². The first-order chi connectivity index (χ1) is 16.8. The highest BCUT2D eigenvalue weighted by Crippen LogP contribution is 2.37. The van der Waals surface area contributed by atoms with E-state index in [4.69, 9.17) is 9.51 Å². The largest absolute Gasteiger partial charge is 0.416 e. The summed E-state index contributed by atoms with van der Waals surface area (Å²) in [5.41, 5.74) is 0.0842. The third-order valence-electron chi connectivity index (χ3n) is 6.90. The van der Waals surface area contributed by atoms with Crippen molar-refractivity contribution in [2.45, 2.75) is 51.6 Å². The van der Waals surface area contributed by atoms with E-state index in [0.29, 0.717) is 55.2 Å². The van der Waals surface area contributed by atoms with E-state index in [-0.39, 0.29) is 23.2 Å². The second-order valence-corrected chi connectivity index (χ2v) is 9.30. The molecule has 0 spiro atoms. The van der Waals surface area contributed by atoms with Crippen molar-refractivity contribution in [1.82, 2.24) is 20.0 Å². The number of rotatable bonds is 5. The van der Waals surface area contributed by atoms with Gasteiger partial charge in [0.05, 0.1) is 5.56 Å². The lowest BCUT2D eigenvalue weighted by Gasteiger charge is -2.36. The van der Waals surface area contributed by atoms with Gasteiger partial charge in [0, 0.05) is 44.1 Å². The number of benzene rings is 1. The highest BCUT2D eigenvalue weighted by molar-refractivity contribution is 5.98. The Bertz CT molecular complexity index is 1210. The number of carbonyl (C=O) groups is 1. The molecule has 3 heterocycles. The molecule has 186 valence electrons. The fourth-order valence-corrected chi connectivity index (χ4v) is 5.05. The van der Waals surface area contributed by atoms with Crippen LogP contribution in [0.4, 0.5) is 19.0 Å². The van der Waals surface area contributed by atoms with Crippen molar-refractivity contribution < 1.29 is 22.5 Å². The minimum atomic E-state index is -4.47. The van der Waals surface area contributed by atoms with Gasteiger partial charge in [0.1, 0.15) is 22.7 Å². The molecule has 1 aliphatic carbocycles. The zero-order chi connectivity index (χ0) is 24.6. The zero-order valence-corrected chi connectivity index (χ0v) is 19.6. The van der Waals surface area contributed by atoms with Gasteiger partial charge in [-0.25, -0.2) is 4.98 Å². The smallest absolute Gasteiger partial charge is 0.352 e. The lowest BCUT2D eigenvalue weighted by atomic mass is 10.0. The molecule has 3 aromatic rings. The topological polar surface area (TPSA) is 75.4 Å². The summed E-state index contributed by atoms with van der Waals surface area (Å²) in [6, 6.07) is 5.04. The normalized spacial score (nSPS) is 17.5. The standard InChI is InChI=1S/C25H28F3N5O2/c1-2-6-19-29-22(32-11-13-33(14-12-32)24(34)16-7-3-4-8-16)20-21(31-35-23(20)30-19)17-9-5-10-18(15-17)25(26,27)28/h5,9-10,15-16H,2-4,6-8,11-14H2,1H3. The number of piperazine rings is 1. The Morgan fingerprint density at radius 3 is 2.54 bits per heavy atom. The summed E-state index contributed by atoms with van der Waals surface area (Å²) < 4.78 is 45.5. The number of hydrogen-bond donors (Lipinski definition) is 0. The lowest BCUT2D eigenvalue weighted by Crippen LogP contribution is -2.50. The summed E-state index contributed by atoms with van der Waals surface area (Å²) in [5.74, 6) is 1.57. The number of fused-ring (bicyclic) bond motifs is 1. The van der Waals surface area contributed by atoms with Crippen molar-refractivity contribution in [1.29, 1.82) is 0 Å². The van der Waals surface area contributed by atoms with Crippen molar-refractivity contribution in [3.63, 3.8) is 0 Å². The number of nitrogens with zero attached hydrogens (tertiary/aromatic N) is 5. The van der Waals surface area contributed by atoms with Crippen LogP contribution in [0.3, 0.4) is 0 Å². The van der Waals surface area contributed by atoms with Gasteiger partial charge in [-0.3, -0.25) is 4.79 Å². The highest BCUT2D eigenvalue weighted by atomic mass is 19.4. The third kappa shape index (κ3) is 4.70.